The monoisotopic (exact) mass is 443 g/mol. The number of oxazole rings is 1. The highest BCUT2D eigenvalue weighted by molar-refractivity contribution is 9.10. The van der Waals surface area contributed by atoms with Crippen LogP contribution in [0.5, 0.6) is 5.75 Å². The van der Waals surface area contributed by atoms with E-state index in [2.05, 4.69) is 25.7 Å². The molecule has 0 fully saturated rings. The van der Waals surface area contributed by atoms with Crippen LogP contribution in [0.1, 0.15) is 15.9 Å². The molecule has 1 heterocycles. The summed E-state index contributed by atoms with van der Waals surface area (Å²) in [4.78, 5) is 16.3. The van der Waals surface area contributed by atoms with Crippen LogP contribution in [0.15, 0.2) is 39.2 Å². The van der Waals surface area contributed by atoms with E-state index in [0.717, 1.165) is 17.1 Å². The lowest BCUT2D eigenvalue weighted by Crippen LogP contribution is -2.20. The number of hydrogen-bond acceptors (Lipinski definition) is 5. The Morgan fingerprint density at radius 2 is 2.04 bits per heavy atom. The zero-order chi connectivity index (χ0) is 19.8. The van der Waals surface area contributed by atoms with Crippen LogP contribution >= 0.6 is 15.9 Å². The predicted octanol–water partition coefficient (Wildman–Crippen LogP) is 5.29. The molecule has 5 nitrogen and oxygen atoms in total. The Balaban J connectivity index is 2.10. The van der Waals surface area contributed by atoms with Gasteiger partial charge in [-0.15, -0.1) is 0 Å². The summed E-state index contributed by atoms with van der Waals surface area (Å²) in [6.45, 7) is 0.320. The van der Waals surface area contributed by atoms with Gasteiger partial charge < -0.3 is 13.9 Å². The number of fused-ring (bicyclic) bond motifs is 1. The molecule has 0 spiro atoms. The lowest BCUT2D eigenvalue weighted by Gasteiger charge is -2.11. The third-order valence-electron chi connectivity index (χ3n) is 3.78. The highest BCUT2D eigenvalue weighted by atomic mass is 79.9. The molecule has 0 amide bonds. The summed E-state index contributed by atoms with van der Waals surface area (Å²) in [6.07, 6.45) is -4.55. The molecule has 0 aliphatic heterocycles. The van der Waals surface area contributed by atoms with E-state index in [1.54, 1.807) is 12.1 Å². The van der Waals surface area contributed by atoms with Crippen molar-refractivity contribution in [2.24, 2.45) is 0 Å². The molecule has 2 aromatic carbocycles. The number of methoxy groups -OCH3 is 1. The second-order valence-corrected chi connectivity index (χ2v) is 6.50. The van der Waals surface area contributed by atoms with Gasteiger partial charge in [-0.25, -0.2) is 9.78 Å². The third kappa shape index (κ3) is 4.08. The van der Waals surface area contributed by atoms with Crippen molar-refractivity contribution in [3.05, 3.63) is 45.9 Å². The summed E-state index contributed by atoms with van der Waals surface area (Å²) in [5, 5.41) is 0. The second-order valence-electron chi connectivity index (χ2n) is 5.64. The first-order valence-electron chi connectivity index (χ1n) is 7.67. The van der Waals surface area contributed by atoms with Gasteiger partial charge in [-0.3, -0.25) is 0 Å². The Morgan fingerprint density at radius 3 is 2.70 bits per heavy atom. The normalized spacial score (nSPS) is 11.6. The number of carbonyl (C=O) groups is 1. The Hall–Kier alpha value is -2.55. The number of rotatable bonds is 4. The van der Waals surface area contributed by atoms with Crippen LogP contribution in [0.2, 0.25) is 0 Å². The number of esters is 1. The molecule has 0 saturated carbocycles. The summed E-state index contributed by atoms with van der Waals surface area (Å²) in [6, 6.07) is 7.95. The summed E-state index contributed by atoms with van der Waals surface area (Å²) in [5.41, 5.74) is 1.90. The minimum Gasteiger partial charge on any atom is -0.483 e. The number of benzene rings is 2. The van der Waals surface area contributed by atoms with E-state index in [0.29, 0.717) is 11.1 Å². The predicted molar refractivity (Wildman–Crippen MR) is 94.8 cm³/mol. The molecule has 0 bridgehead atoms. The van der Waals surface area contributed by atoms with Crippen LogP contribution in [0.25, 0.3) is 22.6 Å². The zero-order valence-corrected chi connectivity index (χ0v) is 15.8. The number of nitrogens with zero attached hydrogens (tertiary/aromatic N) is 1. The van der Waals surface area contributed by atoms with Crippen molar-refractivity contribution in [1.82, 2.24) is 4.98 Å². The summed E-state index contributed by atoms with van der Waals surface area (Å²) in [5.74, 6) is -0.856. The van der Waals surface area contributed by atoms with Gasteiger partial charge in [-0.2, -0.15) is 13.2 Å². The van der Waals surface area contributed by atoms with Crippen LogP contribution in [0, 0.1) is 6.92 Å². The standard InChI is InChI=1S/C18H13BrF3NO4/c1-9-10(4-3-5-12(9)19)16-23-13-6-11(17(24)25-2)14(7-15(13)27-16)26-8-18(20,21)22/h3-7H,8H2,1-2H3. The molecule has 3 rings (SSSR count). The van der Waals surface area contributed by atoms with Gasteiger partial charge in [0.15, 0.2) is 12.2 Å². The molecule has 9 heteroatoms. The maximum atomic E-state index is 12.5. The Morgan fingerprint density at radius 1 is 1.30 bits per heavy atom. The van der Waals surface area contributed by atoms with Crippen molar-refractivity contribution in [2.75, 3.05) is 13.7 Å². The average Bonchev–Trinajstić information content (AvgIpc) is 3.02. The van der Waals surface area contributed by atoms with Crippen molar-refractivity contribution < 1.29 is 31.9 Å². The number of aromatic nitrogens is 1. The molecule has 0 aliphatic rings. The van der Waals surface area contributed by atoms with Gasteiger partial charge in [0.2, 0.25) is 5.89 Å². The van der Waals surface area contributed by atoms with Crippen LogP contribution in [-0.2, 0) is 4.74 Å². The van der Waals surface area contributed by atoms with Gasteiger partial charge >= 0.3 is 12.1 Å². The van der Waals surface area contributed by atoms with Crippen LogP contribution in [-0.4, -0.2) is 30.8 Å². The zero-order valence-electron chi connectivity index (χ0n) is 14.2. The molecule has 0 atom stereocenters. The Bertz CT molecular complexity index is 1010. The number of carbonyl (C=O) groups excluding carboxylic acids is 1. The van der Waals surface area contributed by atoms with Gasteiger partial charge in [-0.05, 0) is 30.7 Å². The van der Waals surface area contributed by atoms with E-state index < -0.39 is 18.8 Å². The van der Waals surface area contributed by atoms with Gasteiger partial charge in [0.25, 0.3) is 0 Å². The maximum absolute atomic E-state index is 12.5. The second kappa shape index (κ2) is 7.22. The fourth-order valence-corrected chi connectivity index (χ4v) is 2.82. The molecule has 0 radical (unpaired) electrons. The highest BCUT2D eigenvalue weighted by Crippen LogP contribution is 2.34. The molecular weight excluding hydrogens is 431 g/mol. The van der Waals surface area contributed by atoms with Crippen LogP contribution in [0.4, 0.5) is 13.2 Å². The first-order valence-corrected chi connectivity index (χ1v) is 8.47. The lowest BCUT2D eigenvalue weighted by atomic mass is 10.1. The third-order valence-corrected chi connectivity index (χ3v) is 4.64. The Kier molecular flexibility index (Phi) is 5.14. The summed E-state index contributed by atoms with van der Waals surface area (Å²) in [7, 11) is 1.12. The van der Waals surface area contributed by atoms with Crippen LogP contribution in [0.3, 0.4) is 0 Å². The lowest BCUT2D eigenvalue weighted by molar-refractivity contribution is -0.153. The topological polar surface area (TPSA) is 61.6 Å². The largest absolute Gasteiger partial charge is 0.483 e. The van der Waals surface area contributed by atoms with Crippen molar-refractivity contribution >= 4 is 33.0 Å². The van der Waals surface area contributed by atoms with E-state index in [9.17, 15) is 18.0 Å². The number of hydrogen-bond donors (Lipinski definition) is 0. The van der Waals surface area contributed by atoms with Gasteiger partial charge in [-0.1, -0.05) is 22.0 Å². The molecular formula is C18H13BrF3NO4. The SMILES string of the molecule is COC(=O)c1cc2nc(-c3cccc(Br)c3C)oc2cc1OCC(F)(F)F. The van der Waals surface area contributed by atoms with Crippen molar-refractivity contribution in [1.29, 1.82) is 0 Å². The summed E-state index contributed by atoms with van der Waals surface area (Å²) >= 11 is 3.42. The minimum absolute atomic E-state index is 0.167. The number of alkyl halides is 3. The first kappa shape index (κ1) is 19.2. The maximum Gasteiger partial charge on any atom is 0.422 e. The van der Waals surface area contributed by atoms with Crippen molar-refractivity contribution in [2.45, 2.75) is 13.1 Å². The van der Waals surface area contributed by atoms with E-state index in [4.69, 9.17) is 9.15 Å². The molecule has 142 valence electrons. The van der Waals surface area contributed by atoms with Crippen molar-refractivity contribution in [3.8, 4) is 17.2 Å². The summed E-state index contributed by atoms with van der Waals surface area (Å²) < 4.78 is 53.4. The van der Waals surface area contributed by atoms with E-state index in [1.807, 2.05) is 13.0 Å². The highest BCUT2D eigenvalue weighted by Gasteiger charge is 2.30. The van der Waals surface area contributed by atoms with Gasteiger partial charge in [0, 0.05) is 16.1 Å². The molecule has 0 saturated heterocycles. The van der Waals surface area contributed by atoms with Crippen molar-refractivity contribution in [3.63, 3.8) is 0 Å². The fourth-order valence-electron chi connectivity index (χ4n) is 2.46. The fraction of sp³-hybridized carbons (Fsp3) is 0.222. The first-order chi connectivity index (χ1) is 12.7. The molecule has 0 N–H and O–H groups in total. The smallest absolute Gasteiger partial charge is 0.422 e. The van der Waals surface area contributed by atoms with Gasteiger partial charge in [0.05, 0.1) is 7.11 Å². The number of ether oxygens (including phenoxy) is 2. The average molecular weight is 444 g/mol. The molecule has 1 aromatic heterocycles. The molecule has 0 unspecified atom stereocenters. The Labute approximate surface area is 160 Å². The van der Waals surface area contributed by atoms with Gasteiger partial charge in [0.1, 0.15) is 16.8 Å². The number of halogens is 4. The van der Waals surface area contributed by atoms with E-state index in [1.165, 1.54) is 12.1 Å². The van der Waals surface area contributed by atoms with E-state index >= 15 is 0 Å². The minimum atomic E-state index is -4.55. The van der Waals surface area contributed by atoms with E-state index in [-0.39, 0.29) is 22.8 Å². The van der Waals surface area contributed by atoms with Crippen LogP contribution < -0.4 is 4.74 Å². The molecule has 27 heavy (non-hydrogen) atoms. The quantitative estimate of drug-likeness (QED) is 0.512. The molecule has 0 aliphatic carbocycles. The molecule has 3 aromatic rings.